The number of nitriles is 1. The predicted molar refractivity (Wildman–Crippen MR) is 50.5 cm³/mol. The molecule has 2 aromatic rings. The fourth-order valence-electron chi connectivity index (χ4n) is 1.68. The highest BCUT2D eigenvalue weighted by Gasteiger charge is 2.46. The molecule has 2 heterocycles. The number of fused-ring (bicyclic) bond motifs is 1. The van der Waals surface area contributed by atoms with Crippen LogP contribution in [0.2, 0.25) is 0 Å². The minimum Gasteiger partial charge on any atom is -0.463 e. The first-order valence-corrected chi connectivity index (χ1v) is 4.59. The summed E-state index contributed by atoms with van der Waals surface area (Å²) in [5.74, 6) is 0. The van der Waals surface area contributed by atoms with Crippen molar-refractivity contribution in [3.05, 3.63) is 30.3 Å². The summed E-state index contributed by atoms with van der Waals surface area (Å²) in [4.78, 5) is 4.27. The molecule has 1 fully saturated rings. The zero-order chi connectivity index (χ0) is 9.60. The van der Waals surface area contributed by atoms with Crippen LogP contribution in [-0.4, -0.2) is 4.98 Å². The van der Waals surface area contributed by atoms with Gasteiger partial charge < -0.3 is 4.42 Å². The van der Waals surface area contributed by atoms with Crippen molar-refractivity contribution in [2.75, 3.05) is 0 Å². The fraction of sp³-hybridized carbons (Fsp3) is 0.273. The molecule has 0 atom stereocenters. The van der Waals surface area contributed by atoms with Gasteiger partial charge in [-0.25, -0.2) is 0 Å². The van der Waals surface area contributed by atoms with Gasteiger partial charge in [0.05, 0.1) is 29.6 Å². The quantitative estimate of drug-likeness (QED) is 0.683. The number of rotatable bonds is 1. The van der Waals surface area contributed by atoms with E-state index in [0.717, 1.165) is 29.5 Å². The number of hydrogen-bond donors (Lipinski definition) is 0. The van der Waals surface area contributed by atoms with Crippen LogP contribution in [0.3, 0.4) is 0 Å². The van der Waals surface area contributed by atoms with Crippen LogP contribution in [-0.2, 0) is 5.41 Å². The normalized spacial score (nSPS) is 17.9. The van der Waals surface area contributed by atoms with Crippen LogP contribution in [0.15, 0.2) is 29.0 Å². The SMILES string of the molecule is N#CC1(c2cc3ccoc3cn2)CC1. The molecule has 0 unspecified atom stereocenters. The summed E-state index contributed by atoms with van der Waals surface area (Å²) in [7, 11) is 0. The van der Waals surface area contributed by atoms with Crippen molar-refractivity contribution < 1.29 is 4.42 Å². The molecule has 0 amide bonds. The minimum atomic E-state index is -0.300. The lowest BCUT2D eigenvalue weighted by Gasteiger charge is -2.03. The molecule has 0 N–H and O–H groups in total. The predicted octanol–water partition coefficient (Wildman–Crippen LogP) is 2.38. The molecular weight excluding hydrogens is 176 g/mol. The number of furan rings is 1. The van der Waals surface area contributed by atoms with E-state index in [1.165, 1.54) is 0 Å². The van der Waals surface area contributed by atoms with E-state index in [4.69, 9.17) is 9.68 Å². The summed E-state index contributed by atoms with van der Waals surface area (Å²) in [5.41, 5.74) is 1.36. The van der Waals surface area contributed by atoms with E-state index in [9.17, 15) is 0 Å². The molecule has 0 saturated heterocycles. The second-order valence-electron chi connectivity index (χ2n) is 3.72. The maximum atomic E-state index is 9.02. The Labute approximate surface area is 81.0 Å². The van der Waals surface area contributed by atoms with Crippen molar-refractivity contribution in [3.8, 4) is 6.07 Å². The van der Waals surface area contributed by atoms with Crippen LogP contribution >= 0.6 is 0 Å². The van der Waals surface area contributed by atoms with Gasteiger partial charge in [-0.15, -0.1) is 0 Å². The minimum absolute atomic E-state index is 0.300. The molecule has 0 bridgehead atoms. The summed E-state index contributed by atoms with van der Waals surface area (Å²) >= 11 is 0. The van der Waals surface area contributed by atoms with Gasteiger partial charge >= 0.3 is 0 Å². The van der Waals surface area contributed by atoms with Crippen LogP contribution < -0.4 is 0 Å². The van der Waals surface area contributed by atoms with Gasteiger partial charge in [-0.1, -0.05) is 0 Å². The molecule has 1 aliphatic carbocycles. The summed E-state index contributed by atoms with van der Waals surface area (Å²) in [6.07, 6.45) is 5.20. The summed E-state index contributed by atoms with van der Waals surface area (Å²) < 4.78 is 5.19. The molecular formula is C11H8N2O. The van der Waals surface area contributed by atoms with E-state index in [1.54, 1.807) is 12.5 Å². The monoisotopic (exact) mass is 184 g/mol. The van der Waals surface area contributed by atoms with Gasteiger partial charge in [0, 0.05) is 5.39 Å². The molecule has 2 aromatic heterocycles. The average Bonchev–Trinajstić information content (AvgIpc) is 2.89. The average molecular weight is 184 g/mol. The van der Waals surface area contributed by atoms with Crippen LogP contribution in [0.5, 0.6) is 0 Å². The van der Waals surface area contributed by atoms with E-state index < -0.39 is 0 Å². The van der Waals surface area contributed by atoms with Crippen molar-refractivity contribution >= 4 is 11.0 Å². The largest absolute Gasteiger partial charge is 0.463 e. The third-order valence-electron chi connectivity index (χ3n) is 2.79. The third kappa shape index (κ3) is 0.882. The fourth-order valence-corrected chi connectivity index (χ4v) is 1.68. The summed E-state index contributed by atoms with van der Waals surface area (Å²) in [6, 6.07) is 6.18. The molecule has 68 valence electrons. The number of hydrogen-bond acceptors (Lipinski definition) is 3. The summed E-state index contributed by atoms with van der Waals surface area (Å²) in [5, 5.41) is 10.0. The molecule has 0 aliphatic heterocycles. The summed E-state index contributed by atoms with van der Waals surface area (Å²) in [6.45, 7) is 0. The van der Waals surface area contributed by atoms with Gasteiger partial charge in [0.1, 0.15) is 0 Å². The number of nitrogens with zero attached hydrogens (tertiary/aromatic N) is 2. The van der Waals surface area contributed by atoms with Gasteiger partial charge in [-0.3, -0.25) is 4.98 Å². The Kier molecular flexibility index (Phi) is 1.27. The standard InChI is InChI=1S/C11H8N2O/c12-7-11(2-3-11)10-5-8-1-4-14-9(8)6-13-10/h1,4-6H,2-3H2. The second-order valence-corrected chi connectivity index (χ2v) is 3.72. The molecule has 14 heavy (non-hydrogen) atoms. The molecule has 0 spiro atoms. The highest BCUT2D eigenvalue weighted by Crippen LogP contribution is 2.47. The van der Waals surface area contributed by atoms with Crippen molar-refractivity contribution in [2.45, 2.75) is 18.3 Å². The maximum absolute atomic E-state index is 9.02. The zero-order valence-electron chi connectivity index (χ0n) is 7.53. The first-order chi connectivity index (χ1) is 6.84. The Morgan fingerprint density at radius 1 is 1.50 bits per heavy atom. The third-order valence-corrected chi connectivity index (χ3v) is 2.79. The maximum Gasteiger partial charge on any atom is 0.152 e. The molecule has 1 saturated carbocycles. The molecule has 3 heteroatoms. The van der Waals surface area contributed by atoms with E-state index in [-0.39, 0.29) is 5.41 Å². The molecule has 0 aromatic carbocycles. The molecule has 0 radical (unpaired) electrons. The van der Waals surface area contributed by atoms with Crippen molar-refractivity contribution in [2.24, 2.45) is 0 Å². The van der Waals surface area contributed by atoms with Gasteiger partial charge in [0.15, 0.2) is 5.58 Å². The van der Waals surface area contributed by atoms with E-state index in [2.05, 4.69) is 11.1 Å². The van der Waals surface area contributed by atoms with Crippen molar-refractivity contribution in [1.82, 2.24) is 4.98 Å². The van der Waals surface area contributed by atoms with Gasteiger partial charge in [0.25, 0.3) is 0 Å². The molecule has 3 rings (SSSR count). The lowest BCUT2D eigenvalue weighted by molar-refractivity contribution is 0.613. The number of pyridine rings is 1. The van der Waals surface area contributed by atoms with Crippen LogP contribution in [0.25, 0.3) is 11.0 Å². The first-order valence-electron chi connectivity index (χ1n) is 4.59. The van der Waals surface area contributed by atoms with E-state index >= 15 is 0 Å². The van der Waals surface area contributed by atoms with Crippen LogP contribution in [0, 0.1) is 11.3 Å². The van der Waals surface area contributed by atoms with Gasteiger partial charge in [-0.2, -0.15) is 5.26 Å². The molecule has 3 nitrogen and oxygen atoms in total. The Morgan fingerprint density at radius 3 is 3.07 bits per heavy atom. The molecule has 1 aliphatic rings. The Balaban J connectivity index is 2.19. The lowest BCUT2D eigenvalue weighted by atomic mass is 10.0. The van der Waals surface area contributed by atoms with Crippen LogP contribution in [0.4, 0.5) is 0 Å². The number of aromatic nitrogens is 1. The smallest absolute Gasteiger partial charge is 0.152 e. The Bertz CT molecular complexity index is 531. The highest BCUT2D eigenvalue weighted by molar-refractivity contribution is 5.76. The Hall–Kier alpha value is -1.82. The van der Waals surface area contributed by atoms with Crippen molar-refractivity contribution in [3.63, 3.8) is 0 Å². The van der Waals surface area contributed by atoms with Crippen LogP contribution in [0.1, 0.15) is 18.5 Å². The second kappa shape index (κ2) is 2.36. The van der Waals surface area contributed by atoms with Gasteiger partial charge in [0.2, 0.25) is 0 Å². The topological polar surface area (TPSA) is 49.8 Å². The Morgan fingerprint density at radius 2 is 2.36 bits per heavy atom. The zero-order valence-corrected chi connectivity index (χ0v) is 7.53. The van der Waals surface area contributed by atoms with Gasteiger partial charge in [-0.05, 0) is 25.0 Å². The highest BCUT2D eigenvalue weighted by atomic mass is 16.3. The first kappa shape index (κ1) is 7.57. The van der Waals surface area contributed by atoms with E-state index in [0.29, 0.717) is 0 Å². The lowest BCUT2D eigenvalue weighted by Crippen LogP contribution is -2.04. The van der Waals surface area contributed by atoms with Crippen molar-refractivity contribution in [1.29, 1.82) is 5.26 Å². The van der Waals surface area contributed by atoms with E-state index in [1.807, 2.05) is 12.1 Å².